The molecule has 144 valence electrons. The SMILES string of the molecule is Cn1cc([C@@H]2CN(C(=O)OCCN3CCOCC3)Cc3ccccc32)cn1. The van der Waals surface area contributed by atoms with Crippen molar-refractivity contribution >= 4 is 6.09 Å². The lowest BCUT2D eigenvalue weighted by Crippen LogP contribution is -2.41. The third-order valence-corrected chi connectivity index (χ3v) is 5.32. The van der Waals surface area contributed by atoms with Crippen molar-refractivity contribution in [3.05, 3.63) is 53.3 Å². The van der Waals surface area contributed by atoms with E-state index >= 15 is 0 Å². The zero-order chi connectivity index (χ0) is 18.6. The van der Waals surface area contributed by atoms with E-state index in [4.69, 9.17) is 9.47 Å². The molecule has 0 saturated carbocycles. The first-order valence-corrected chi connectivity index (χ1v) is 9.49. The van der Waals surface area contributed by atoms with Gasteiger partial charge in [-0.2, -0.15) is 5.10 Å². The Bertz CT molecular complexity index is 785. The van der Waals surface area contributed by atoms with Crippen LogP contribution < -0.4 is 0 Å². The number of ether oxygens (including phenoxy) is 2. The van der Waals surface area contributed by atoms with Crippen LogP contribution in [0.25, 0.3) is 0 Å². The number of rotatable bonds is 4. The van der Waals surface area contributed by atoms with Crippen LogP contribution in [-0.4, -0.2) is 71.7 Å². The molecule has 1 saturated heterocycles. The van der Waals surface area contributed by atoms with Gasteiger partial charge in [0.1, 0.15) is 6.61 Å². The van der Waals surface area contributed by atoms with E-state index in [1.54, 1.807) is 9.58 Å². The Balaban J connectivity index is 1.41. The molecule has 1 fully saturated rings. The summed E-state index contributed by atoms with van der Waals surface area (Å²) < 4.78 is 12.7. The number of morpholine rings is 1. The van der Waals surface area contributed by atoms with Crippen molar-refractivity contribution in [2.75, 3.05) is 46.0 Å². The molecule has 1 aromatic heterocycles. The van der Waals surface area contributed by atoms with Gasteiger partial charge in [0.2, 0.25) is 0 Å². The van der Waals surface area contributed by atoms with Crippen molar-refractivity contribution in [1.29, 1.82) is 0 Å². The molecule has 0 bridgehead atoms. The third-order valence-electron chi connectivity index (χ3n) is 5.32. The molecule has 0 spiro atoms. The van der Waals surface area contributed by atoms with Crippen LogP contribution in [0.4, 0.5) is 4.79 Å². The number of fused-ring (bicyclic) bond motifs is 1. The molecule has 2 aromatic rings. The summed E-state index contributed by atoms with van der Waals surface area (Å²) in [6, 6.07) is 8.31. The van der Waals surface area contributed by atoms with Crippen LogP contribution in [0.15, 0.2) is 36.7 Å². The molecule has 2 aliphatic rings. The Morgan fingerprint density at radius 2 is 2.11 bits per heavy atom. The summed E-state index contributed by atoms with van der Waals surface area (Å²) in [5.74, 6) is 0.121. The summed E-state index contributed by atoms with van der Waals surface area (Å²) in [6.07, 6.45) is 3.66. The number of nitrogens with zero attached hydrogens (tertiary/aromatic N) is 4. The maximum Gasteiger partial charge on any atom is 0.410 e. The lowest BCUT2D eigenvalue weighted by atomic mass is 9.86. The number of aryl methyl sites for hydroxylation is 1. The molecule has 3 heterocycles. The van der Waals surface area contributed by atoms with Gasteiger partial charge in [-0.25, -0.2) is 4.79 Å². The lowest BCUT2D eigenvalue weighted by Gasteiger charge is -2.34. The van der Waals surface area contributed by atoms with Crippen LogP contribution in [0.3, 0.4) is 0 Å². The van der Waals surface area contributed by atoms with E-state index in [9.17, 15) is 4.79 Å². The molecule has 2 aliphatic heterocycles. The van der Waals surface area contributed by atoms with Crippen molar-refractivity contribution in [1.82, 2.24) is 19.6 Å². The van der Waals surface area contributed by atoms with Crippen molar-refractivity contribution < 1.29 is 14.3 Å². The second kappa shape index (κ2) is 8.10. The molecule has 0 unspecified atom stereocenters. The Morgan fingerprint density at radius 1 is 1.30 bits per heavy atom. The maximum absolute atomic E-state index is 12.7. The molecular formula is C20H26N4O3. The fourth-order valence-corrected chi connectivity index (χ4v) is 3.83. The summed E-state index contributed by atoms with van der Waals surface area (Å²) in [7, 11) is 1.91. The predicted octanol–water partition coefficient (Wildman–Crippen LogP) is 1.84. The average molecular weight is 370 g/mol. The monoisotopic (exact) mass is 370 g/mol. The van der Waals surface area contributed by atoms with Gasteiger partial charge in [0.15, 0.2) is 0 Å². The van der Waals surface area contributed by atoms with Crippen LogP contribution in [0.1, 0.15) is 22.6 Å². The van der Waals surface area contributed by atoms with Crippen LogP contribution in [0, 0.1) is 0 Å². The Labute approximate surface area is 159 Å². The number of aromatic nitrogens is 2. The molecule has 0 N–H and O–H groups in total. The molecule has 1 aromatic carbocycles. The second-order valence-corrected chi connectivity index (χ2v) is 7.15. The molecule has 1 atom stereocenters. The van der Waals surface area contributed by atoms with Gasteiger partial charge in [0, 0.05) is 51.9 Å². The zero-order valence-electron chi connectivity index (χ0n) is 15.7. The molecule has 0 radical (unpaired) electrons. The molecule has 27 heavy (non-hydrogen) atoms. The molecule has 0 aliphatic carbocycles. The highest BCUT2D eigenvalue weighted by molar-refractivity contribution is 5.68. The van der Waals surface area contributed by atoms with Crippen LogP contribution in [0.5, 0.6) is 0 Å². The van der Waals surface area contributed by atoms with Crippen molar-refractivity contribution in [2.24, 2.45) is 7.05 Å². The van der Waals surface area contributed by atoms with Gasteiger partial charge in [0.05, 0.1) is 19.4 Å². The number of benzene rings is 1. The second-order valence-electron chi connectivity index (χ2n) is 7.15. The van der Waals surface area contributed by atoms with E-state index in [-0.39, 0.29) is 12.0 Å². The quantitative estimate of drug-likeness (QED) is 0.822. The van der Waals surface area contributed by atoms with Gasteiger partial charge in [0.25, 0.3) is 0 Å². The number of hydrogen-bond donors (Lipinski definition) is 0. The molecule has 4 rings (SSSR count). The summed E-state index contributed by atoms with van der Waals surface area (Å²) in [6.45, 7) is 5.67. The number of carbonyl (C=O) groups is 1. The van der Waals surface area contributed by atoms with Gasteiger partial charge in [-0.3, -0.25) is 9.58 Å². The van der Waals surface area contributed by atoms with Crippen LogP contribution in [-0.2, 0) is 23.1 Å². The predicted molar refractivity (Wildman–Crippen MR) is 101 cm³/mol. The smallest absolute Gasteiger partial charge is 0.410 e. The Kier molecular flexibility index (Phi) is 5.40. The highest BCUT2D eigenvalue weighted by Gasteiger charge is 2.30. The number of hydrogen-bond acceptors (Lipinski definition) is 5. The highest BCUT2D eigenvalue weighted by Crippen LogP contribution is 2.33. The van der Waals surface area contributed by atoms with Gasteiger partial charge in [-0.05, 0) is 16.7 Å². The van der Waals surface area contributed by atoms with E-state index in [0.29, 0.717) is 19.7 Å². The largest absolute Gasteiger partial charge is 0.448 e. The fraction of sp³-hybridized carbons (Fsp3) is 0.500. The minimum atomic E-state index is -0.244. The Morgan fingerprint density at radius 3 is 2.89 bits per heavy atom. The van der Waals surface area contributed by atoms with E-state index in [1.165, 1.54) is 11.1 Å². The fourth-order valence-electron chi connectivity index (χ4n) is 3.83. The Hall–Kier alpha value is -2.38. The first-order chi connectivity index (χ1) is 13.2. The summed E-state index contributed by atoms with van der Waals surface area (Å²) in [4.78, 5) is 16.7. The molecule has 1 amide bonds. The van der Waals surface area contributed by atoms with Gasteiger partial charge < -0.3 is 14.4 Å². The third kappa shape index (κ3) is 4.14. The van der Waals surface area contributed by atoms with E-state index < -0.39 is 0 Å². The van der Waals surface area contributed by atoms with Crippen molar-refractivity contribution in [3.8, 4) is 0 Å². The first-order valence-electron chi connectivity index (χ1n) is 9.49. The minimum Gasteiger partial charge on any atom is -0.448 e. The topological polar surface area (TPSA) is 59.8 Å². The summed E-state index contributed by atoms with van der Waals surface area (Å²) in [5.41, 5.74) is 3.56. The van der Waals surface area contributed by atoms with Crippen molar-refractivity contribution in [3.63, 3.8) is 0 Å². The standard InChI is InChI=1S/C20H26N4O3/c1-22-13-17(12-21-22)19-15-24(14-16-4-2-3-5-18(16)19)20(25)27-11-8-23-6-9-26-10-7-23/h2-5,12-13,19H,6-11,14-15H2,1H3/t19-/m0/s1. The van der Waals surface area contributed by atoms with E-state index in [2.05, 4.69) is 28.2 Å². The van der Waals surface area contributed by atoms with E-state index in [1.807, 2.05) is 25.5 Å². The van der Waals surface area contributed by atoms with Gasteiger partial charge in [-0.15, -0.1) is 0 Å². The number of carbonyl (C=O) groups excluding carboxylic acids is 1. The van der Waals surface area contributed by atoms with Crippen LogP contribution in [0.2, 0.25) is 0 Å². The van der Waals surface area contributed by atoms with Gasteiger partial charge in [-0.1, -0.05) is 24.3 Å². The van der Waals surface area contributed by atoms with Crippen molar-refractivity contribution in [2.45, 2.75) is 12.5 Å². The molecule has 7 nitrogen and oxygen atoms in total. The summed E-state index contributed by atoms with van der Waals surface area (Å²) >= 11 is 0. The lowest BCUT2D eigenvalue weighted by molar-refractivity contribution is 0.0241. The van der Waals surface area contributed by atoms with E-state index in [0.717, 1.165) is 38.4 Å². The van der Waals surface area contributed by atoms with Crippen LogP contribution >= 0.6 is 0 Å². The van der Waals surface area contributed by atoms with Gasteiger partial charge >= 0.3 is 6.09 Å². The molecular weight excluding hydrogens is 344 g/mol. The summed E-state index contributed by atoms with van der Waals surface area (Å²) in [5, 5.41) is 4.30. The minimum absolute atomic E-state index is 0.121. The zero-order valence-corrected chi connectivity index (χ0v) is 15.7. The average Bonchev–Trinajstić information content (AvgIpc) is 3.14. The first kappa shape index (κ1) is 18.0. The number of amides is 1. The normalized spacial score (nSPS) is 20.3. The highest BCUT2D eigenvalue weighted by atomic mass is 16.6. The molecule has 7 heteroatoms. The maximum atomic E-state index is 12.7.